The minimum Gasteiger partial charge on any atom is -0.313 e. The Morgan fingerprint density at radius 3 is 1.40 bits per heavy atom. The van der Waals surface area contributed by atoms with Crippen LogP contribution in [0.1, 0.15) is 12.8 Å². The zero-order valence-electron chi connectivity index (χ0n) is 22.5. The first-order valence-corrected chi connectivity index (χ1v) is 14.2. The Labute approximate surface area is 236 Å². The highest BCUT2D eigenvalue weighted by molar-refractivity contribution is 5.87. The third-order valence-corrected chi connectivity index (χ3v) is 8.00. The highest BCUT2D eigenvalue weighted by atomic mass is 15.2. The molecule has 7 rings (SSSR count). The van der Waals surface area contributed by atoms with Gasteiger partial charge in [0.2, 0.25) is 0 Å². The standard InChI is InChI=1S/C38H32N2/c1-5-17-29(18-6-1)39(30-19-7-2-8-20-30)37-33-25-13-15-27-35(33)38(36-28-16-14-26-34(36)37)40(31-21-9-3-10-22-31)32-23-11-4-12-24-32/h1-3,5-11,13-28,33,35H,4,12H2. The largest absolute Gasteiger partial charge is 0.313 e. The molecule has 4 aromatic rings. The lowest BCUT2D eigenvalue weighted by molar-refractivity contribution is 0.659. The van der Waals surface area contributed by atoms with E-state index < -0.39 is 0 Å². The molecule has 2 heteroatoms. The van der Waals surface area contributed by atoms with Crippen LogP contribution in [0.4, 0.5) is 17.1 Å². The van der Waals surface area contributed by atoms with Gasteiger partial charge in [-0.1, -0.05) is 115 Å². The van der Waals surface area contributed by atoms with Gasteiger partial charge < -0.3 is 9.80 Å². The maximum atomic E-state index is 2.50. The Bertz CT molecular complexity index is 1710. The van der Waals surface area contributed by atoms with Gasteiger partial charge in [-0.15, -0.1) is 0 Å². The topological polar surface area (TPSA) is 6.48 Å². The van der Waals surface area contributed by atoms with Gasteiger partial charge in [-0.3, -0.25) is 0 Å². The van der Waals surface area contributed by atoms with E-state index in [1.807, 2.05) is 0 Å². The highest BCUT2D eigenvalue weighted by Gasteiger charge is 2.37. The van der Waals surface area contributed by atoms with Gasteiger partial charge in [0.05, 0.1) is 0 Å². The number of para-hydroxylation sites is 3. The summed E-state index contributed by atoms with van der Waals surface area (Å²) in [6, 6.07) is 41.4. The van der Waals surface area contributed by atoms with Crippen molar-refractivity contribution in [3.8, 4) is 0 Å². The molecule has 40 heavy (non-hydrogen) atoms. The van der Waals surface area contributed by atoms with Gasteiger partial charge in [0.25, 0.3) is 0 Å². The fourth-order valence-electron chi connectivity index (χ4n) is 6.31. The number of hydrogen-bond acceptors (Lipinski definition) is 2. The predicted molar refractivity (Wildman–Crippen MR) is 168 cm³/mol. The molecule has 0 aliphatic heterocycles. The van der Waals surface area contributed by atoms with E-state index >= 15 is 0 Å². The van der Waals surface area contributed by atoms with Crippen LogP contribution in [0, 0.1) is 11.8 Å². The zero-order chi connectivity index (χ0) is 26.7. The summed E-state index contributed by atoms with van der Waals surface area (Å²) in [5.41, 5.74) is 7.41. The monoisotopic (exact) mass is 516 g/mol. The van der Waals surface area contributed by atoms with E-state index in [1.165, 1.54) is 44.6 Å². The molecule has 0 radical (unpaired) electrons. The molecule has 4 aromatic carbocycles. The molecule has 0 saturated carbocycles. The molecule has 0 fully saturated rings. The Morgan fingerprint density at radius 1 is 0.475 bits per heavy atom. The Kier molecular flexibility index (Phi) is 6.51. The number of rotatable bonds is 6. The first-order chi connectivity index (χ1) is 19.9. The minimum absolute atomic E-state index is 0.162. The molecule has 2 nitrogen and oxygen atoms in total. The van der Waals surface area contributed by atoms with Crippen LogP contribution >= 0.6 is 0 Å². The van der Waals surface area contributed by atoms with Crippen molar-refractivity contribution in [1.29, 1.82) is 0 Å². The average molecular weight is 517 g/mol. The third kappa shape index (κ3) is 4.32. The molecule has 0 heterocycles. The first-order valence-electron chi connectivity index (χ1n) is 14.2. The van der Waals surface area contributed by atoms with Crippen LogP contribution in [0.5, 0.6) is 0 Å². The van der Waals surface area contributed by atoms with Crippen LogP contribution in [0.3, 0.4) is 0 Å². The summed E-state index contributed by atoms with van der Waals surface area (Å²) in [5.74, 6) is 0.330. The molecule has 0 spiro atoms. The molecule has 0 N–H and O–H groups in total. The number of allylic oxidation sites excluding steroid dienone is 5. The lowest BCUT2D eigenvalue weighted by atomic mass is 9.77. The minimum atomic E-state index is 0.162. The van der Waals surface area contributed by atoms with Crippen LogP contribution in [0.15, 0.2) is 163 Å². The van der Waals surface area contributed by atoms with Gasteiger partial charge in [0.1, 0.15) is 0 Å². The number of hydrogen-bond donors (Lipinski definition) is 0. The predicted octanol–water partition coefficient (Wildman–Crippen LogP) is 7.85. The Hall–Kier alpha value is -4.82. The molecular weight excluding hydrogens is 484 g/mol. The molecule has 3 aliphatic carbocycles. The van der Waals surface area contributed by atoms with E-state index in [4.69, 9.17) is 0 Å². The van der Waals surface area contributed by atoms with Gasteiger partial charge in [-0.25, -0.2) is 0 Å². The molecule has 2 atom stereocenters. The maximum Gasteiger partial charge on any atom is 0.0458 e. The van der Waals surface area contributed by atoms with Crippen LogP contribution in [-0.2, 0) is 0 Å². The smallest absolute Gasteiger partial charge is 0.0458 e. The summed E-state index contributed by atoms with van der Waals surface area (Å²) in [6.07, 6.45) is 18.4. The lowest BCUT2D eigenvalue weighted by Gasteiger charge is -2.42. The third-order valence-electron chi connectivity index (χ3n) is 8.00. The Balaban J connectivity index is 1.58. The second-order valence-corrected chi connectivity index (χ2v) is 10.4. The van der Waals surface area contributed by atoms with E-state index in [1.54, 1.807) is 0 Å². The Morgan fingerprint density at radius 2 is 0.925 bits per heavy atom. The molecule has 194 valence electrons. The molecule has 0 aromatic heterocycles. The van der Waals surface area contributed by atoms with Gasteiger partial charge >= 0.3 is 0 Å². The van der Waals surface area contributed by atoms with Crippen molar-refractivity contribution in [1.82, 2.24) is 0 Å². The summed E-state index contributed by atoms with van der Waals surface area (Å²) in [7, 11) is 0. The van der Waals surface area contributed by atoms with Crippen LogP contribution in [0.2, 0.25) is 0 Å². The van der Waals surface area contributed by atoms with E-state index in [2.05, 4.69) is 168 Å². The first kappa shape index (κ1) is 24.2. The average Bonchev–Trinajstić information content (AvgIpc) is 3.04. The zero-order valence-corrected chi connectivity index (χ0v) is 22.5. The summed E-state index contributed by atoms with van der Waals surface area (Å²) < 4.78 is 0. The van der Waals surface area contributed by atoms with Crippen molar-refractivity contribution >= 4 is 28.5 Å². The van der Waals surface area contributed by atoms with Gasteiger partial charge in [-0.2, -0.15) is 0 Å². The molecule has 0 amide bonds. The fraction of sp³-hybridized carbons (Fsp3) is 0.105. The van der Waals surface area contributed by atoms with Crippen molar-refractivity contribution < 1.29 is 0 Å². The molecule has 3 aliphatic rings. The normalized spacial score (nSPS) is 19.1. The second-order valence-electron chi connectivity index (χ2n) is 10.4. The quantitative estimate of drug-likeness (QED) is 0.257. The highest BCUT2D eigenvalue weighted by Crippen LogP contribution is 2.44. The van der Waals surface area contributed by atoms with Crippen molar-refractivity contribution in [2.75, 3.05) is 9.80 Å². The molecule has 0 saturated heterocycles. The second kappa shape index (κ2) is 10.7. The van der Waals surface area contributed by atoms with E-state index in [9.17, 15) is 0 Å². The summed E-state index contributed by atoms with van der Waals surface area (Å²) in [4.78, 5) is 4.96. The van der Waals surface area contributed by atoms with Gasteiger partial charge in [-0.05, 0) is 55.3 Å². The van der Waals surface area contributed by atoms with Gasteiger partial charge in [0.15, 0.2) is 0 Å². The van der Waals surface area contributed by atoms with E-state index in [0.717, 1.165) is 12.8 Å². The fourth-order valence-corrected chi connectivity index (χ4v) is 6.31. The van der Waals surface area contributed by atoms with E-state index in [-0.39, 0.29) is 11.8 Å². The molecule has 0 bridgehead atoms. The molecule has 2 unspecified atom stereocenters. The number of fused-ring (bicyclic) bond motifs is 2. The van der Waals surface area contributed by atoms with Crippen molar-refractivity contribution in [2.45, 2.75) is 12.8 Å². The lowest BCUT2D eigenvalue weighted by Crippen LogP contribution is -2.48. The number of anilines is 3. The van der Waals surface area contributed by atoms with Crippen LogP contribution < -0.4 is 20.2 Å². The maximum absolute atomic E-state index is 2.50. The van der Waals surface area contributed by atoms with Crippen molar-refractivity contribution in [2.24, 2.45) is 11.8 Å². The summed E-state index contributed by atoms with van der Waals surface area (Å²) in [5, 5.41) is 2.55. The van der Waals surface area contributed by atoms with E-state index in [0.29, 0.717) is 0 Å². The van der Waals surface area contributed by atoms with Crippen molar-refractivity contribution in [3.63, 3.8) is 0 Å². The van der Waals surface area contributed by atoms with Crippen LogP contribution in [-0.4, -0.2) is 0 Å². The van der Waals surface area contributed by atoms with Crippen LogP contribution in [0.25, 0.3) is 11.4 Å². The van der Waals surface area contributed by atoms with Gasteiger partial charge in [0, 0.05) is 56.4 Å². The number of nitrogens with zero attached hydrogens (tertiary/aromatic N) is 2. The summed E-state index contributed by atoms with van der Waals surface area (Å²) in [6.45, 7) is 0. The summed E-state index contributed by atoms with van der Waals surface area (Å²) >= 11 is 0. The number of benzene rings is 4. The van der Waals surface area contributed by atoms with Crippen molar-refractivity contribution in [3.05, 3.63) is 174 Å². The SMILES string of the molecule is C1=CC2C(N(C3=CCCC=C3)c3ccccc3)=c3ccccc3=C(N(c3ccccc3)c3ccccc3)C2C=C1. The molecular formula is C38H32N2.